The second-order valence-electron chi connectivity index (χ2n) is 2.49. The fourth-order valence-corrected chi connectivity index (χ4v) is 1.55. The van der Waals surface area contributed by atoms with Crippen molar-refractivity contribution >= 4 is 32.8 Å². The highest BCUT2D eigenvalue weighted by atomic mass is 79.9. The van der Waals surface area contributed by atoms with E-state index in [1.54, 1.807) is 0 Å². The van der Waals surface area contributed by atoms with Crippen LogP contribution in [0, 0.1) is 0 Å². The van der Waals surface area contributed by atoms with Crippen molar-refractivity contribution in [3.8, 4) is 5.88 Å². The third-order valence-corrected chi connectivity index (χ3v) is 2.58. The number of ether oxygens (including phenoxy) is 1. The highest BCUT2D eigenvalue weighted by Crippen LogP contribution is 2.34. The molecule has 1 rings (SSSR count). The minimum atomic E-state index is -2.74. The van der Waals surface area contributed by atoms with Crippen LogP contribution in [0.25, 0.3) is 0 Å². The van der Waals surface area contributed by atoms with E-state index in [1.165, 1.54) is 7.11 Å². The van der Waals surface area contributed by atoms with Crippen molar-refractivity contribution in [2.75, 3.05) is 7.11 Å². The lowest BCUT2D eigenvalue weighted by Crippen LogP contribution is -2.01. The fraction of sp³-hybridized carbons (Fsp3) is 0.250. The summed E-state index contributed by atoms with van der Waals surface area (Å²) in [6, 6.07) is 0.923. The number of carbonyl (C=O) groups is 1. The molecule has 0 saturated heterocycles. The molecular formula is C8H5BrClF2NO2. The molecule has 15 heavy (non-hydrogen) atoms. The van der Waals surface area contributed by atoms with Crippen LogP contribution in [0.15, 0.2) is 10.5 Å². The molecule has 0 bridgehead atoms. The molecule has 82 valence electrons. The van der Waals surface area contributed by atoms with Gasteiger partial charge in [0.05, 0.1) is 11.6 Å². The van der Waals surface area contributed by atoms with E-state index in [1.807, 2.05) is 0 Å². The number of pyridine rings is 1. The molecule has 0 radical (unpaired) electrons. The fourth-order valence-electron chi connectivity index (χ4n) is 0.920. The minimum absolute atomic E-state index is 0.0154. The number of methoxy groups -OCH3 is 1. The van der Waals surface area contributed by atoms with Crippen LogP contribution in [-0.2, 0) is 0 Å². The number of alkyl halides is 2. The Balaban J connectivity index is 3.38. The van der Waals surface area contributed by atoms with Gasteiger partial charge in [-0.1, -0.05) is 0 Å². The third-order valence-electron chi connectivity index (χ3n) is 1.59. The summed E-state index contributed by atoms with van der Waals surface area (Å²) in [6.45, 7) is 0. The molecule has 3 nitrogen and oxygen atoms in total. The topological polar surface area (TPSA) is 39.2 Å². The second-order valence-corrected chi connectivity index (χ2v) is 3.63. The predicted octanol–water partition coefficient (Wildman–Crippen LogP) is 3.17. The number of rotatable bonds is 3. The van der Waals surface area contributed by atoms with E-state index in [0.717, 1.165) is 6.07 Å². The number of hydrogen-bond donors (Lipinski definition) is 0. The van der Waals surface area contributed by atoms with E-state index in [4.69, 9.17) is 16.3 Å². The summed E-state index contributed by atoms with van der Waals surface area (Å²) < 4.78 is 29.8. The SMILES string of the molecule is COc1nc(C(=O)Cl)cc(C(F)F)c1Br. The first-order valence-corrected chi connectivity index (χ1v) is 4.87. The minimum Gasteiger partial charge on any atom is -0.480 e. The molecule has 0 aliphatic carbocycles. The number of hydrogen-bond acceptors (Lipinski definition) is 3. The monoisotopic (exact) mass is 299 g/mol. The van der Waals surface area contributed by atoms with Gasteiger partial charge in [0.25, 0.3) is 11.7 Å². The third kappa shape index (κ3) is 2.63. The van der Waals surface area contributed by atoms with Crippen molar-refractivity contribution in [3.63, 3.8) is 0 Å². The van der Waals surface area contributed by atoms with Crippen LogP contribution in [0.1, 0.15) is 22.5 Å². The highest BCUT2D eigenvalue weighted by molar-refractivity contribution is 9.10. The summed E-state index contributed by atoms with van der Waals surface area (Å²) in [5.74, 6) is -0.100. The number of aromatic nitrogens is 1. The van der Waals surface area contributed by atoms with Crippen molar-refractivity contribution in [2.45, 2.75) is 6.43 Å². The van der Waals surface area contributed by atoms with Crippen molar-refractivity contribution in [1.29, 1.82) is 0 Å². The number of nitrogens with zero attached hydrogens (tertiary/aromatic N) is 1. The molecule has 1 aromatic rings. The maximum Gasteiger partial charge on any atom is 0.270 e. The van der Waals surface area contributed by atoms with Gasteiger partial charge in [0, 0.05) is 5.56 Å². The maximum absolute atomic E-state index is 12.5. The summed E-state index contributed by atoms with van der Waals surface area (Å²) in [5.41, 5.74) is -0.655. The first-order chi connectivity index (χ1) is 6.97. The lowest BCUT2D eigenvalue weighted by molar-refractivity contribution is 0.107. The Morgan fingerprint density at radius 3 is 2.67 bits per heavy atom. The zero-order chi connectivity index (χ0) is 11.6. The lowest BCUT2D eigenvalue weighted by atomic mass is 10.2. The van der Waals surface area contributed by atoms with E-state index in [9.17, 15) is 13.6 Å². The van der Waals surface area contributed by atoms with Gasteiger partial charge < -0.3 is 4.74 Å². The Morgan fingerprint density at radius 2 is 2.27 bits per heavy atom. The zero-order valence-electron chi connectivity index (χ0n) is 7.43. The van der Waals surface area contributed by atoms with Crippen LogP contribution >= 0.6 is 27.5 Å². The Labute approximate surface area is 97.5 Å². The highest BCUT2D eigenvalue weighted by Gasteiger charge is 2.20. The Kier molecular flexibility index (Phi) is 3.98. The van der Waals surface area contributed by atoms with Gasteiger partial charge in [0.2, 0.25) is 5.88 Å². The van der Waals surface area contributed by atoms with Gasteiger partial charge in [-0.15, -0.1) is 0 Å². The molecule has 1 aromatic heterocycles. The molecule has 1 heterocycles. The van der Waals surface area contributed by atoms with E-state index >= 15 is 0 Å². The molecule has 0 aliphatic rings. The van der Waals surface area contributed by atoms with Gasteiger partial charge >= 0.3 is 0 Å². The van der Waals surface area contributed by atoms with Crippen LogP contribution < -0.4 is 4.74 Å². The van der Waals surface area contributed by atoms with Gasteiger partial charge in [-0.05, 0) is 33.6 Å². The largest absolute Gasteiger partial charge is 0.480 e. The van der Waals surface area contributed by atoms with Gasteiger partial charge in [-0.3, -0.25) is 4.79 Å². The predicted molar refractivity (Wildman–Crippen MR) is 53.6 cm³/mol. The van der Waals surface area contributed by atoms with E-state index in [2.05, 4.69) is 20.9 Å². The summed E-state index contributed by atoms with van der Waals surface area (Å²) in [5, 5.41) is -0.914. The molecule has 0 aliphatic heterocycles. The van der Waals surface area contributed by atoms with E-state index < -0.39 is 11.7 Å². The first-order valence-electron chi connectivity index (χ1n) is 3.69. The summed E-state index contributed by atoms with van der Waals surface area (Å²) >= 11 is 8.05. The average molecular weight is 300 g/mol. The van der Waals surface area contributed by atoms with Crippen molar-refractivity contribution in [3.05, 3.63) is 21.8 Å². The van der Waals surface area contributed by atoms with Gasteiger partial charge in [0.15, 0.2) is 0 Å². The van der Waals surface area contributed by atoms with Crippen LogP contribution in [0.3, 0.4) is 0 Å². The van der Waals surface area contributed by atoms with Gasteiger partial charge in [-0.25, -0.2) is 13.8 Å². The van der Waals surface area contributed by atoms with Crippen LogP contribution in [-0.4, -0.2) is 17.3 Å². The Hall–Kier alpha value is -0.750. The second kappa shape index (κ2) is 4.85. The molecule has 0 spiro atoms. The van der Waals surface area contributed by atoms with E-state index in [-0.39, 0.29) is 21.6 Å². The number of halogens is 4. The molecule has 0 amide bonds. The normalized spacial score (nSPS) is 10.5. The molecule has 0 fully saturated rings. The molecule has 0 N–H and O–H groups in total. The lowest BCUT2D eigenvalue weighted by Gasteiger charge is -2.08. The number of carbonyl (C=O) groups excluding carboxylic acids is 1. The standard InChI is InChI=1S/C8H5BrClF2NO2/c1-15-8-5(9)3(7(11)12)2-4(13-8)6(10)14/h2,7H,1H3. The molecule has 0 atom stereocenters. The summed E-state index contributed by atoms with van der Waals surface area (Å²) in [7, 11) is 1.25. The Bertz CT molecular complexity index is 400. The average Bonchev–Trinajstić information content (AvgIpc) is 2.17. The van der Waals surface area contributed by atoms with Crippen molar-refractivity contribution in [1.82, 2.24) is 4.98 Å². The quantitative estimate of drug-likeness (QED) is 0.805. The van der Waals surface area contributed by atoms with E-state index in [0.29, 0.717) is 0 Å². The van der Waals surface area contributed by atoms with Crippen molar-refractivity contribution < 1.29 is 18.3 Å². The Morgan fingerprint density at radius 1 is 1.67 bits per heavy atom. The van der Waals surface area contributed by atoms with Gasteiger partial charge in [-0.2, -0.15) is 0 Å². The first kappa shape index (κ1) is 12.3. The molecule has 0 aromatic carbocycles. The smallest absolute Gasteiger partial charge is 0.270 e. The molecule has 7 heteroatoms. The van der Waals surface area contributed by atoms with Crippen LogP contribution in [0.2, 0.25) is 0 Å². The van der Waals surface area contributed by atoms with Crippen LogP contribution in [0.4, 0.5) is 8.78 Å². The zero-order valence-corrected chi connectivity index (χ0v) is 9.77. The van der Waals surface area contributed by atoms with Crippen molar-refractivity contribution in [2.24, 2.45) is 0 Å². The molecule has 0 saturated carbocycles. The molecule has 0 unspecified atom stereocenters. The maximum atomic E-state index is 12.5. The molecular weight excluding hydrogens is 295 g/mol. The summed E-state index contributed by atoms with van der Waals surface area (Å²) in [4.78, 5) is 14.4. The van der Waals surface area contributed by atoms with Crippen LogP contribution in [0.5, 0.6) is 5.88 Å². The van der Waals surface area contributed by atoms with Gasteiger partial charge in [0.1, 0.15) is 5.69 Å². The summed E-state index contributed by atoms with van der Waals surface area (Å²) in [6.07, 6.45) is -2.74.